The zero-order chi connectivity index (χ0) is 46.0. The zero-order valence-electron chi connectivity index (χ0n) is 38.2. The zero-order valence-corrected chi connectivity index (χ0v) is 38.2. The van der Waals surface area contributed by atoms with Crippen molar-refractivity contribution in [1.29, 1.82) is 0 Å². The van der Waals surface area contributed by atoms with E-state index >= 15 is 0 Å². The molecule has 15 rings (SSSR count). The lowest BCUT2D eigenvalue weighted by Gasteiger charge is -2.43. The second-order valence-electron chi connectivity index (χ2n) is 19.0. The molecular weight excluding hydrogens is 847 g/mol. The molecule has 0 fully saturated rings. The maximum Gasteiger partial charge on any atom is 0.132 e. The van der Waals surface area contributed by atoms with Gasteiger partial charge >= 0.3 is 0 Å². The van der Waals surface area contributed by atoms with Crippen molar-refractivity contribution in [3.8, 4) is 67.1 Å². The third kappa shape index (κ3) is 5.12. The summed E-state index contributed by atoms with van der Waals surface area (Å²) in [7, 11) is 0. The molecule has 11 aromatic carbocycles. The maximum absolute atomic E-state index is 7.10. The maximum atomic E-state index is 7.10. The molecule has 2 spiro atoms. The van der Waals surface area contributed by atoms with Crippen molar-refractivity contribution in [3.63, 3.8) is 0 Å². The van der Waals surface area contributed by atoms with Gasteiger partial charge in [-0.15, -0.1) is 0 Å². The molecule has 0 radical (unpaired) electrons. The Balaban J connectivity index is 1.04. The Morgan fingerprint density at radius 1 is 0.257 bits per heavy atom. The molecule has 1 aliphatic heterocycles. The van der Waals surface area contributed by atoms with E-state index in [4.69, 9.17) is 4.74 Å². The highest BCUT2D eigenvalue weighted by Gasteiger charge is 2.53. The first kappa shape index (κ1) is 39.1. The average molecular weight is 890 g/mol. The van der Waals surface area contributed by atoms with Gasteiger partial charge in [0.15, 0.2) is 0 Å². The summed E-state index contributed by atoms with van der Waals surface area (Å²) in [6.45, 7) is 0. The van der Waals surface area contributed by atoms with Crippen molar-refractivity contribution in [2.45, 2.75) is 10.8 Å². The summed E-state index contributed by atoms with van der Waals surface area (Å²) >= 11 is 0. The second-order valence-corrected chi connectivity index (χ2v) is 19.0. The number of hydrogen-bond donors (Lipinski definition) is 0. The molecule has 70 heavy (non-hydrogen) atoms. The van der Waals surface area contributed by atoms with E-state index in [-0.39, 0.29) is 0 Å². The van der Waals surface area contributed by atoms with Crippen LogP contribution < -0.4 is 9.64 Å². The van der Waals surface area contributed by atoms with E-state index in [0.29, 0.717) is 0 Å². The monoisotopic (exact) mass is 889 g/mol. The first-order valence-corrected chi connectivity index (χ1v) is 24.3. The third-order valence-electron chi connectivity index (χ3n) is 15.8. The molecule has 2 nitrogen and oxygen atoms in total. The van der Waals surface area contributed by atoms with Gasteiger partial charge in [-0.3, -0.25) is 0 Å². The quantitative estimate of drug-likeness (QED) is 0.175. The van der Waals surface area contributed by atoms with Crippen LogP contribution in [-0.2, 0) is 10.8 Å². The highest BCUT2D eigenvalue weighted by Crippen LogP contribution is 2.66. The first-order chi connectivity index (χ1) is 34.7. The Hall–Kier alpha value is -8.98. The van der Waals surface area contributed by atoms with E-state index in [0.717, 1.165) is 39.7 Å². The van der Waals surface area contributed by atoms with Crippen LogP contribution in [0.1, 0.15) is 44.5 Å². The fraction of sp³-hybridized carbons (Fsp3) is 0.0294. The fourth-order valence-electron chi connectivity index (χ4n) is 13.1. The number of hydrogen-bond acceptors (Lipinski definition) is 2. The Morgan fingerprint density at radius 2 is 0.657 bits per heavy atom. The Kier molecular flexibility index (Phi) is 8.24. The van der Waals surface area contributed by atoms with Crippen molar-refractivity contribution < 1.29 is 4.74 Å². The predicted octanol–water partition coefficient (Wildman–Crippen LogP) is 17.3. The average Bonchev–Trinajstić information content (AvgIpc) is 3.89. The number of para-hydroxylation sites is 1. The van der Waals surface area contributed by atoms with Crippen molar-refractivity contribution in [1.82, 2.24) is 0 Å². The Bertz CT molecular complexity index is 3830. The van der Waals surface area contributed by atoms with Gasteiger partial charge in [0, 0.05) is 28.1 Å². The topological polar surface area (TPSA) is 12.5 Å². The van der Waals surface area contributed by atoms with Crippen molar-refractivity contribution in [2.24, 2.45) is 0 Å². The minimum absolute atomic E-state index is 0.488. The van der Waals surface area contributed by atoms with E-state index < -0.39 is 10.8 Å². The van der Waals surface area contributed by atoms with Gasteiger partial charge in [-0.1, -0.05) is 218 Å². The van der Waals surface area contributed by atoms with Gasteiger partial charge in [-0.25, -0.2) is 0 Å². The summed E-state index contributed by atoms with van der Waals surface area (Å²) in [5.74, 6) is 1.71. The fourth-order valence-corrected chi connectivity index (χ4v) is 13.1. The molecule has 0 aromatic heterocycles. The number of anilines is 3. The highest BCUT2D eigenvalue weighted by atomic mass is 16.5. The largest absolute Gasteiger partial charge is 0.457 e. The van der Waals surface area contributed by atoms with Crippen LogP contribution in [0.4, 0.5) is 17.1 Å². The lowest BCUT2D eigenvalue weighted by atomic mass is 9.62. The van der Waals surface area contributed by atoms with Crippen LogP contribution in [0.15, 0.2) is 261 Å². The summed E-state index contributed by atoms with van der Waals surface area (Å²) < 4.78 is 7.10. The molecule has 0 bridgehead atoms. The third-order valence-corrected chi connectivity index (χ3v) is 15.8. The molecular formula is C68H43NO. The Morgan fingerprint density at radius 3 is 1.24 bits per heavy atom. The lowest BCUT2D eigenvalue weighted by Crippen LogP contribution is -2.35. The highest BCUT2D eigenvalue weighted by molar-refractivity contribution is 6.02. The normalized spacial score (nSPS) is 14.1. The SMILES string of the molecule is c1ccc(-c2ccc(N(c3ccc4c(c3)C3(c5ccccc5O4)c4ccccc4-c4ccccc4-c4ccccc43)c3cccc4c3-c3ccccc3C43c4ccccc4-c4ccccc43)cc2)cc1. The molecule has 0 atom stereocenters. The first-order valence-electron chi connectivity index (χ1n) is 24.3. The van der Waals surface area contributed by atoms with E-state index in [1.807, 2.05) is 0 Å². The van der Waals surface area contributed by atoms with E-state index in [9.17, 15) is 0 Å². The van der Waals surface area contributed by atoms with Gasteiger partial charge in [0.2, 0.25) is 0 Å². The van der Waals surface area contributed by atoms with Gasteiger partial charge in [-0.2, -0.15) is 0 Å². The lowest BCUT2D eigenvalue weighted by molar-refractivity contribution is 0.435. The minimum Gasteiger partial charge on any atom is -0.457 e. The number of fused-ring (bicyclic) bond motifs is 21. The molecule has 0 saturated heterocycles. The van der Waals surface area contributed by atoms with Gasteiger partial charge in [0.1, 0.15) is 11.5 Å². The summed E-state index contributed by atoms with van der Waals surface area (Å²) in [6.07, 6.45) is 0. The predicted molar refractivity (Wildman–Crippen MR) is 286 cm³/mol. The Labute approximate surface area is 408 Å². The van der Waals surface area contributed by atoms with Crippen molar-refractivity contribution >= 4 is 17.1 Å². The van der Waals surface area contributed by atoms with E-state index in [1.54, 1.807) is 0 Å². The van der Waals surface area contributed by atoms with Crippen molar-refractivity contribution in [2.75, 3.05) is 4.90 Å². The molecule has 0 amide bonds. The van der Waals surface area contributed by atoms with Crippen LogP contribution in [0.5, 0.6) is 11.5 Å². The van der Waals surface area contributed by atoms with Crippen molar-refractivity contribution in [3.05, 3.63) is 305 Å². The molecule has 4 aliphatic rings. The summed E-state index contributed by atoms with van der Waals surface area (Å²) in [4.78, 5) is 2.51. The van der Waals surface area contributed by atoms with Crippen LogP contribution in [0.25, 0.3) is 55.6 Å². The van der Waals surface area contributed by atoms with E-state index in [1.165, 1.54) is 89.0 Å². The number of rotatable bonds is 4. The summed E-state index contributed by atoms with van der Waals surface area (Å²) in [5.41, 5.74) is 24.3. The summed E-state index contributed by atoms with van der Waals surface area (Å²) in [5, 5.41) is 0. The van der Waals surface area contributed by atoms with Crippen LogP contribution >= 0.6 is 0 Å². The number of ether oxygens (including phenoxy) is 1. The molecule has 0 unspecified atom stereocenters. The summed E-state index contributed by atoms with van der Waals surface area (Å²) in [6, 6.07) is 96.7. The van der Waals surface area contributed by atoms with Gasteiger partial charge < -0.3 is 9.64 Å². The number of benzene rings is 11. The second kappa shape index (κ2) is 14.8. The molecule has 1 heterocycles. The van der Waals surface area contributed by atoms with Crippen LogP contribution in [0.3, 0.4) is 0 Å². The molecule has 0 saturated carbocycles. The molecule has 2 heteroatoms. The molecule has 0 N–H and O–H groups in total. The van der Waals surface area contributed by atoms with Gasteiger partial charge in [0.25, 0.3) is 0 Å². The molecule has 11 aromatic rings. The minimum atomic E-state index is -0.748. The van der Waals surface area contributed by atoms with Crippen LogP contribution in [0, 0.1) is 0 Å². The smallest absolute Gasteiger partial charge is 0.132 e. The van der Waals surface area contributed by atoms with Crippen LogP contribution in [0.2, 0.25) is 0 Å². The van der Waals surface area contributed by atoms with Crippen LogP contribution in [-0.4, -0.2) is 0 Å². The van der Waals surface area contributed by atoms with E-state index in [2.05, 4.69) is 266 Å². The molecule has 3 aliphatic carbocycles. The van der Waals surface area contributed by atoms with Gasteiger partial charge in [-0.05, 0) is 126 Å². The standard InChI is InChI=1S/C68H43NO/c1-2-19-44(20-3-1)45-37-39-46(40-38-45)69(63-35-18-34-61-66(63)54-27-10-15-32-59(54)67(61)57-30-13-8-25-52(57)53-26-9-14-31-58(53)67)47-41-42-65-62(43-47)68(60-33-16-17-36-64(60)70-65)55-28-11-6-23-50(55)48-21-4-5-22-49(48)51-24-7-12-29-56(51)68/h1-43H. The molecule has 326 valence electrons. The number of nitrogens with zero attached hydrogens (tertiary/aromatic N) is 1. The van der Waals surface area contributed by atoms with Gasteiger partial charge in [0.05, 0.1) is 16.5 Å².